The average molecular weight is 476 g/mol. The Bertz CT molecular complexity index is 1150. The van der Waals surface area contributed by atoms with E-state index < -0.39 is 17.0 Å². The molecule has 0 spiro atoms. The Labute approximate surface area is 195 Å². The molecule has 174 valence electrons. The van der Waals surface area contributed by atoms with Crippen LogP contribution in [-0.2, 0) is 4.74 Å². The van der Waals surface area contributed by atoms with Crippen molar-refractivity contribution in [3.05, 3.63) is 70.0 Å². The van der Waals surface area contributed by atoms with Crippen LogP contribution in [0.1, 0.15) is 19.8 Å². The summed E-state index contributed by atoms with van der Waals surface area (Å²) in [4.78, 5) is 18.8. The molecule has 1 atom stereocenters. The van der Waals surface area contributed by atoms with Crippen molar-refractivity contribution >= 4 is 28.8 Å². The second-order valence-corrected chi connectivity index (χ2v) is 8.22. The summed E-state index contributed by atoms with van der Waals surface area (Å²) in [6, 6.07) is 10.0. The molecule has 3 heterocycles. The zero-order valence-corrected chi connectivity index (χ0v) is 18.9. The van der Waals surface area contributed by atoms with E-state index in [9.17, 15) is 13.6 Å². The van der Waals surface area contributed by atoms with Crippen molar-refractivity contribution in [1.29, 1.82) is 0 Å². The fourth-order valence-electron chi connectivity index (χ4n) is 3.73. The lowest BCUT2D eigenvalue weighted by Gasteiger charge is -2.29. The van der Waals surface area contributed by atoms with Gasteiger partial charge in [-0.05, 0) is 56.2 Å². The van der Waals surface area contributed by atoms with Crippen LogP contribution in [0.3, 0.4) is 0 Å². The number of aromatic nitrogens is 3. The Balaban J connectivity index is 1.52. The fraction of sp³-hybridized carbons (Fsp3) is 0.348. The summed E-state index contributed by atoms with van der Waals surface area (Å²) in [6.07, 6.45) is 3.61. The van der Waals surface area contributed by atoms with Crippen LogP contribution < -0.4 is 15.8 Å². The van der Waals surface area contributed by atoms with E-state index in [1.54, 1.807) is 18.2 Å². The lowest BCUT2D eigenvalue weighted by atomic mass is 9.99. The lowest BCUT2D eigenvalue weighted by Crippen LogP contribution is -2.40. The van der Waals surface area contributed by atoms with Crippen molar-refractivity contribution in [2.75, 3.05) is 36.5 Å². The smallest absolute Gasteiger partial charge is 0.292 e. The van der Waals surface area contributed by atoms with Gasteiger partial charge in [-0.3, -0.25) is 4.79 Å². The van der Waals surface area contributed by atoms with E-state index in [4.69, 9.17) is 16.3 Å². The van der Waals surface area contributed by atoms with Crippen molar-refractivity contribution in [3.8, 4) is 5.69 Å². The molecule has 0 radical (unpaired) electrons. The summed E-state index contributed by atoms with van der Waals surface area (Å²) >= 11 is 6.27. The number of hydrogen-bond donors (Lipinski definition) is 1. The number of hydrogen-bond acceptors (Lipinski definition) is 6. The highest BCUT2D eigenvalue weighted by atomic mass is 35.5. The first-order valence-corrected chi connectivity index (χ1v) is 11.1. The van der Waals surface area contributed by atoms with Crippen LogP contribution in [0.15, 0.2) is 53.6 Å². The van der Waals surface area contributed by atoms with Crippen LogP contribution in [-0.4, -0.2) is 46.7 Å². The van der Waals surface area contributed by atoms with Gasteiger partial charge in [0.2, 0.25) is 0 Å². The van der Waals surface area contributed by atoms with Gasteiger partial charge in [-0.15, -0.1) is 0 Å². The molecule has 7 nitrogen and oxygen atoms in total. The normalized spacial score (nSPS) is 18.2. The molecule has 0 amide bonds. The fourth-order valence-corrected chi connectivity index (χ4v) is 3.93. The number of ether oxygens (including phenoxy) is 1. The molecule has 4 rings (SSSR count). The van der Waals surface area contributed by atoms with E-state index in [1.807, 2.05) is 24.0 Å². The van der Waals surface area contributed by atoms with E-state index in [2.05, 4.69) is 15.4 Å². The Hall–Kier alpha value is -3.04. The predicted molar refractivity (Wildman–Crippen MR) is 124 cm³/mol. The van der Waals surface area contributed by atoms with Crippen molar-refractivity contribution in [3.63, 3.8) is 0 Å². The number of rotatable bonds is 7. The van der Waals surface area contributed by atoms with Crippen LogP contribution in [0.4, 0.5) is 26.0 Å². The second kappa shape index (κ2) is 9.84. The zero-order valence-electron chi connectivity index (χ0n) is 18.1. The molecule has 1 aliphatic rings. The summed E-state index contributed by atoms with van der Waals surface area (Å²) in [5, 5.41) is 7.02. The zero-order chi connectivity index (χ0) is 23.4. The molecule has 1 aliphatic heterocycles. The predicted octanol–water partition coefficient (Wildman–Crippen LogP) is 4.51. The first kappa shape index (κ1) is 23.1. The number of anilines is 3. The quantitative estimate of drug-likeness (QED) is 0.542. The summed E-state index contributed by atoms with van der Waals surface area (Å²) < 4.78 is 34.3. The van der Waals surface area contributed by atoms with Crippen molar-refractivity contribution in [2.24, 2.45) is 0 Å². The van der Waals surface area contributed by atoms with Gasteiger partial charge < -0.3 is 15.0 Å². The molecular weight excluding hydrogens is 452 g/mol. The molecule has 1 saturated heterocycles. The minimum Gasteiger partial charge on any atom is -0.379 e. The third-order valence-corrected chi connectivity index (χ3v) is 5.86. The topological polar surface area (TPSA) is 72.3 Å². The molecule has 1 fully saturated rings. The summed E-state index contributed by atoms with van der Waals surface area (Å²) in [6.45, 7) is 3.12. The minimum atomic E-state index is -1.50. The van der Waals surface area contributed by atoms with E-state index in [0.717, 1.165) is 5.69 Å². The van der Waals surface area contributed by atoms with Crippen LogP contribution in [0, 0.1) is 5.82 Å². The van der Waals surface area contributed by atoms with E-state index >= 15 is 0 Å². The number of alkyl halides is 1. The highest BCUT2D eigenvalue weighted by Crippen LogP contribution is 2.27. The number of nitrogens with zero attached hydrogens (tertiary/aromatic N) is 4. The van der Waals surface area contributed by atoms with Crippen LogP contribution in [0.5, 0.6) is 0 Å². The first-order valence-electron chi connectivity index (χ1n) is 10.7. The third-order valence-electron chi connectivity index (χ3n) is 5.50. The van der Waals surface area contributed by atoms with E-state index in [1.165, 1.54) is 23.1 Å². The number of benzene rings is 1. The largest absolute Gasteiger partial charge is 0.379 e. The maximum atomic E-state index is 14.7. The number of nitrogens with one attached hydrogen (secondary N) is 1. The molecular formula is C23H24ClF2N5O2. The summed E-state index contributed by atoms with van der Waals surface area (Å²) in [7, 11) is 0. The summed E-state index contributed by atoms with van der Waals surface area (Å²) in [5.74, 6) is 0.202. The molecule has 1 N–H and O–H groups in total. The van der Waals surface area contributed by atoms with Gasteiger partial charge in [0.15, 0.2) is 5.67 Å². The van der Waals surface area contributed by atoms with Gasteiger partial charge in [0, 0.05) is 18.8 Å². The van der Waals surface area contributed by atoms with E-state index in [0.29, 0.717) is 37.5 Å². The van der Waals surface area contributed by atoms with Crippen molar-refractivity contribution < 1.29 is 13.5 Å². The molecule has 10 heteroatoms. The maximum absolute atomic E-state index is 14.7. The molecule has 0 saturated carbocycles. The molecule has 3 aromatic rings. The average Bonchev–Trinajstić information content (AvgIpc) is 2.83. The van der Waals surface area contributed by atoms with Crippen molar-refractivity contribution in [1.82, 2.24) is 14.8 Å². The highest BCUT2D eigenvalue weighted by molar-refractivity contribution is 6.32. The molecule has 2 aromatic heterocycles. The van der Waals surface area contributed by atoms with Gasteiger partial charge in [-0.2, -0.15) is 9.78 Å². The third kappa shape index (κ3) is 5.15. The Morgan fingerprint density at radius 1 is 1.24 bits per heavy atom. The molecule has 0 unspecified atom stereocenters. The Morgan fingerprint density at radius 3 is 2.67 bits per heavy atom. The van der Waals surface area contributed by atoms with Gasteiger partial charge in [-0.1, -0.05) is 11.6 Å². The maximum Gasteiger partial charge on any atom is 0.292 e. The summed E-state index contributed by atoms with van der Waals surface area (Å²) in [5.41, 5.74) is -0.410. The second-order valence-electron chi connectivity index (χ2n) is 7.85. The Morgan fingerprint density at radius 2 is 2.03 bits per heavy atom. The molecule has 0 aliphatic carbocycles. The molecule has 0 bridgehead atoms. The van der Waals surface area contributed by atoms with E-state index in [-0.39, 0.29) is 23.9 Å². The van der Waals surface area contributed by atoms with Gasteiger partial charge in [-0.25, -0.2) is 13.8 Å². The number of halogens is 3. The molecule has 33 heavy (non-hydrogen) atoms. The van der Waals surface area contributed by atoms with Crippen LogP contribution >= 0.6 is 11.6 Å². The SMILES string of the molecule is CCN(c1ccc(-n2ncc(NC[C@]3(F)CCCOC3)c(Cl)c2=O)cc1)c1ccc(F)cn1. The van der Waals surface area contributed by atoms with Crippen LogP contribution in [0.25, 0.3) is 5.69 Å². The number of pyridine rings is 1. The van der Waals surface area contributed by atoms with Crippen molar-refractivity contribution in [2.45, 2.75) is 25.4 Å². The van der Waals surface area contributed by atoms with Gasteiger partial charge in [0.05, 0.1) is 36.9 Å². The van der Waals surface area contributed by atoms with Gasteiger partial charge in [0.25, 0.3) is 5.56 Å². The monoisotopic (exact) mass is 475 g/mol. The van der Waals surface area contributed by atoms with Gasteiger partial charge in [0.1, 0.15) is 16.7 Å². The standard InChI is InChI=1S/C23H24ClF2N5O2/c1-2-30(20-9-4-16(25)12-27-20)17-5-7-18(8-6-17)31-22(32)21(24)19(13-29-31)28-14-23(26)10-3-11-33-15-23/h4-9,12-13,28H,2-3,10-11,14-15H2,1H3/t23-/m1/s1. The first-order chi connectivity index (χ1) is 15.9. The lowest BCUT2D eigenvalue weighted by molar-refractivity contribution is -0.0234. The molecule has 1 aromatic carbocycles. The van der Waals surface area contributed by atoms with Gasteiger partial charge >= 0.3 is 0 Å². The Kier molecular flexibility index (Phi) is 6.90. The highest BCUT2D eigenvalue weighted by Gasteiger charge is 2.32. The minimum absolute atomic E-state index is 0.0106. The van der Waals surface area contributed by atoms with Crippen LogP contribution in [0.2, 0.25) is 5.02 Å².